The van der Waals surface area contributed by atoms with Gasteiger partial charge in [0.05, 0.1) is 11.2 Å². The first-order valence-electron chi connectivity index (χ1n) is 9.28. The van der Waals surface area contributed by atoms with Crippen molar-refractivity contribution in [3.05, 3.63) is 90.1 Å². The van der Waals surface area contributed by atoms with Crippen molar-refractivity contribution in [2.45, 2.75) is 13.3 Å². The minimum Gasteiger partial charge on any atom is -0.457 e. The highest BCUT2D eigenvalue weighted by Gasteiger charge is 2.25. The van der Waals surface area contributed by atoms with Gasteiger partial charge in [0.1, 0.15) is 11.5 Å². The number of benzene rings is 3. The fourth-order valence-electron chi connectivity index (χ4n) is 3.88. The molecule has 3 aromatic carbocycles. The molecule has 1 aliphatic rings. The Labute approximate surface area is 171 Å². The van der Waals surface area contributed by atoms with E-state index in [0.29, 0.717) is 0 Å². The molecule has 1 aliphatic heterocycles. The highest BCUT2D eigenvalue weighted by molar-refractivity contribution is 5.98. The van der Waals surface area contributed by atoms with Crippen molar-refractivity contribution in [2.75, 3.05) is 11.4 Å². The number of hydrogen-bond acceptors (Lipinski definition) is 3. The Bertz CT molecular complexity index is 1110. The Hall–Kier alpha value is -3.04. The van der Waals surface area contributed by atoms with Crippen LogP contribution in [0.15, 0.2) is 78.9 Å². The van der Waals surface area contributed by atoms with E-state index in [2.05, 4.69) is 54.3 Å². The molecule has 0 spiro atoms. The lowest BCUT2D eigenvalue weighted by molar-refractivity contribution is 0.483. The lowest BCUT2D eigenvalue weighted by Gasteiger charge is -2.22. The molecule has 0 N–H and O–H groups in total. The second-order valence-corrected chi connectivity index (χ2v) is 6.86. The zero-order valence-corrected chi connectivity index (χ0v) is 16.4. The summed E-state index contributed by atoms with van der Waals surface area (Å²) in [6.45, 7) is 3.09. The maximum Gasteiger partial charge on any atom is 0.128 e. The van der Waals surface area contributed by atoms with Crippen molar-refractivity contribution in [1.29, 1.82) is 0 Å². The number of anilines is 2. The molecule has 2 heterocycles. The molecule has 140 valence electrons. The molecule has 0 saturated carbocycles. The zero-order valence-electron chi connectivity index (χ0n) is 15.6. The van der Waals surface area contributed by atoms with Crippen LogP contribution in [0.1, 0.15) is 11.3 Å². The maximum absolute atomic E-state index is 6.07. The van der Waals surface area contributed by atoms with Crippen LogP contribution in [0.2, 0.25) is 0 Å². The minimum atomic E-state index is 0. The number of fused-ring (bicyclic) bond motifs is 3. The van der Waals surface area contributed by atoms with Crippen LogP contribution in [-0.2, 0) is 6.42 Å². The van der Waals surface area contributed by atoms with Gasteiger partial charge in [0.15, 0.2) is 0 Å². The molecule has 4 heteroatoms. The van der Waals surface area contributed by atoms with Gasteiger partial charge in [-0.3, -0.25) is 4.98 Å². The number of halogens is 1. The molecule has 0 saturated heterocycles. The van der Waals surface area contributed by atoms with Crippen molar-refractivity contribution >= 4 is 34.7 Å². The summed E-state index contributed by atoms with van der Waals surface area (Å²) in [5.74, 6) is 1.68. The molecule has 28 heavy (non-hydrogen) atoms. The van der Waals surface area contributed by atoms with Gasteiger partial charge in [0.25, 0.3) is 0 Å². The van der Waals surface area contributed by atoms with Gasteiger partial charge in [0, 0.05) is 23.3 Å². The third kappa shape index (κ3) is 3.19. The van der Waals surface area contributed by atoms with Crippen LogP contribution < -0.4 is 9.64 Å². The first-order chi connectivity index (χ1) is 13.3. The molecule has 0 atom stereocenters. The van der Waals surface area contributed by atoms with Gasteiger partial charge >= 0.3 is 0 Å². The number of nitrogens with zero attached hydrogens (tertiary/aromatic N) is 2. The lowest BCUT2D eigenvalue weighted by atomic mass is 10.1. The van der Waals surface area contributed by atoms with Gasteiger partial charge in [-0.05, 0) is 61.4 Å². The topological polar surface area (TPSA) is 25.4 Å². The molecule has 0 radical (unpaired) electrons. The van der Waals surface area contributed by atoms with E-state index >= 15 is 0 Å². The fourth-order valence-corrected chi connectivity index (χ4v) is 3.88. The summed E-state index contributed by atoms with van der Waals surface area (Å²) in [5, 5.41) is 1.14. The summed E-state index contributed by atoms with van der Waals surface area (Å²) in [4.78, 5) is 7.24. The molecule has 3 nitrogen and oxygen atoms in total. The molecule has 5 rings (SSSR count). The van der Waals surface area contributed by atoms with E-state index < -0.39 is 0 Å². The predicted octanol–water partition coefficient (Wildman–Crippen LogP) is 6.45. The lowest BCUT2D eigenvalue weighted by Crippen LogP contribution is -2.13. The smallest absolute Gasteiger partial charge is 0.128 e. The highest BCUT2D eigenvalue weighted by atomic mass is 35.5. The fraction of sp³-hybridized carbons (Fsp3) is 0.125. The molecular weight excluding hydrogens is 368 g/mol. The van der Waals surface area contributed by atoms with Crippen LogP contribution >= 0.6 is 12.4 Å². The van der Waals surface area contributed by atoms with Crippen LogP contribution in [0.3, 0.4) is 0 Å². The van der Waals surface area contributed by atoms with E-state index in [1.165, 1.54) is 16.9 Å². The molecule has 0 aliphatic carbocycles. The van der Waals surface area contributed by atoms with Gasteiger partial charge in [-0.2, -0.15) is 0 Å². The van der Waals surface area contributed by atoms with Gasteiger partial charge in [0.2, 0.25) is 0 Å². The number of hydrogen-bond donors (Lipinski definition) is 0. The van der Waals surface area contributed by atoms with E-state index in [4.69, 9.17) is 9.72 Å². The number of aryl methyl sites for hydroxylation is 1. The van der Waals surface area contributed by atoms with Crippen molar-refractivity contribution in [1.82, 2.24) is 4.98 Å². The molecule has 0 unspecified atom stereocenters. The number of aromatic nitrogens is 1. The number of rotatable bonds is 3. The SMILES string of the molecule is Cc1nc2ccc(Oc3ccccc3)cc2c2c1CCN2c1ccccc1.Cl. The average Bonchev–Trinajstić information content (AvgIpc) is 3.16. The summed E-state index contributed by atoms with van der Waals surface area (Å²) in [6, 6.07) is 26.6. The van der Waals surface area contributed by atoms with E-state index in [-0.39, 0.29) is 12.4 Å². The second-order valence-electron chi connectivity index (χ2n) is 6.86. The van der Waals surface area contributed by atoms with Crippen LogP contribution in [0.5, 0.6) is 11.5 Å². The monoisotopic (exact) mass is 388 g/mol. The quantitative estimate of drug-likeness (QED) is 0.403. The van der Waals surface area contributed by atoms with Crippen molar-refractivity contribution in [2.24, 2.45) is 0 Å². The van der Waals surface area contributed by atoms with Gasteiger partial charge < -0.3 is 9.64 Å². The Kier molecular flexibility index (Phi) is 4.93. The average molecular weight is 389 g/mol. The van der Waals surface area contributed by atoms with Gasteiger partial charge in [-0.25, -0.2) is 0 Å². The van der Waals surface area contributed by atoms with Crippen molar-refractivity contribution in [3.63, 3.8) is 0 Å². The Balaban J connectivity index is 0.00000192. The molecule has 0 bridgehead atoms. The standard InChI is InChI=1S/C24H20N2O.ClH/c1-17-21-14-15-26(18-8-4-2-5-9-18)24(21)22-16-20(12-13-23(22)25-17)27-19-10-6-3-7-11-19;/h2-13,16H,14-15H2,1H3;1H. The van der Waals surface area contributed by atoms with Gasteiger partial charge in [-0.1, -0.05) is 36.4 Å². The third-order valence-electron chi connectivity index (χ3n) is 5.14. The summed E-state index contributed by atoms with van der Waals surface area (Å²) in [7, 11) is 0. The predicted molar refractivity (Wildman–Crippen MR) is 117 cm³/mol. The highest BCUT2D eigenvalue weighted by Crippen LogP contribution is 2.42. The number of para-hydroxylation sites is 2. The largest absolute Gasteiger partial charge is 0.457 e. The molecule has 4 aromatic rings. The molecular formula is C24H21ClN2O. The first-order valence-corrected chi connectivity index (χ1v) is 9.28. The summed E-state index contributed by atoms with van der Waals surface area (Å²) in [6.07, 6.45) is 1.02. The Morgan fingerprint density at radius 1 is 0.857 bits per heavy atom. The van der Waals surface area contributed by atoms with Crippen molar-refractivity contribution in [3.8, 4) is 11.5 Å². The summed E-state index contributed by atoms with van der Waals surface area (Å²) in [5.41, 5.74) is 5.95. The Morgan fingerprint density at radius 3 is 2.32 bits per heavy atom. The number of pyridine rings is 1. The molecule has 1 aromatic heterocycles. The van der Waals surface area contributed by atoms with Gasteiger partial charge in [-0.15, -0.1) is 12.4 Å². The van der Waals surface area contributed by atoms with Crippen molar-refractivity contribution < 1.29 is 4.74 Å². The van der Waals surface area contributed by atoms with Crippen LogP contribution in [0.4, 0.5) is 11.4 Å². The first kappa shape index (κ1) is 18.3. The van der Waals surface area contributed by atoms with E-state index in [1.54, 1.807) is 0 Å². The summed E-state index contributed by atoms with van der Waals surface area (Å²) < 4.78 is 6.07. The van der Waals surface area contributed by atoms with E-state index in [0.717, 1.165) is 41.1 Å². The maximum atomic E-state index is 6.07. The zero-order chi connectivity index (χ0) is 18.2. The second kappa shape index (κ2) is 7.53. The normalized spacial score (nSPS) is 12.5. The third-order valence-corrected chi connectivity index (χ3v) is 5.14. The molecule has 0 amide bonds. The van der Waals surface area contributed by atoms with Crippen LogP contribution in [-0.4, -0.2) is 11.5 Å². The minimum absolute atomic E-state index is 0. The summed E-state index contributed by atoms with van der Waals surface area (Å²) >= 11 is 0. The number of ether oxygens (including phenoxy) is 1. The van der Waals surface area contributed by atoms with Crippen LogP contribution in [0, 0.1) is 6.92 Å². The van der Waals surface area contributed by atoms with E-state index in [1.807, 2.05) is 36.4 Å². The van der Waals surface area contributed by atoms with E-state index in [9.17, 15) is 0 Å². The van der Waals surface area contributed by atoms with Crippen LogP contribution in [0.25, 0.3) is 10.9 Å². The Morgan fingerprint density at radius 2 is 1.57 bits per heavy atom. The molecule has 0 fully saturated rings.